The summed E-state index contributed by atoms with van der Waals surface area (Å²) < 4.78 is 27.0. The van der Waals surface area contributed by atoms with Crippen LogP contribution in [0, 0.1) is 0 Å². The van der Waals surface area contributed by atoms with Gasteiger partial charge >= 0.3 is 0 Å². The third kappa shape index (κ3) is 2.60. The Kier molecular flexibility index (Phi) is 3.32. The average Bonchev–Trinajstić information content (AvgIpc) is 3.20. The summed E-state index contributed by atoms with van der Waals surface area (Å²) in [5.74, 6) is 5.86. The molecule has 9 heteroatoms. The molecule has 2 heterocycles. The number of nitrogens with zero attached hydrogens (tertiary/aromatic N) is 2. The number of hydrazine groups is 1. The van der Waals surface area contributed by atoms with Crippen molar-refractivity contribution < 1.29 is 8.42 Å². The summed E-state index contributed by atoms with van der Waals surface area (Å²) >= 11 is 1.28. The highest BCUT2D eigenvalue weighted by atomic mass is 32.2. The van der Waals surface area contributed by atoms with Crippen LogP contribution < -0.4 is 16.0 Å². The third-order valence-electron chi connectivity index (χ3n) is 2.94. The van der Waals surface area contributed by atoms with Crippen LogP contribution in [0.4, 0.5) is 10.9 Å². The van der Waals surface area contributed by atoms with Gasteiger partial charge in [-0.2, -0.15) is 0 Å². The summed E-state index contributed by atoms with van der Waals surface area (Å²) in [7, 11) is -3.76. The first-order valence-electron chi connectivity index (χ1n) is 6.00. The average molecular weight is 311 g/mol. The van der Waals surface area contributed by atoms with Crippen LogP contribution in [0.3, 0.4) is 0 Å². The molecule has 1 saturated carbocycles. The van der Waals surface area contributed by atoms with Crippen molar-refractivity contribution in [3.63, 3.8) is 0 Å². The van der Waals surface area contributed by atoms with Gasteiger partial charge in [-0.25, -0.2) is 24.2 Å². The van der Waals surface area contributed by atoms with Crippen molar-refractivity contribution >= 4 is 32.3 Å². The molecule has 2 aromatic rings. The molecule has 0 atom stereocenters. The molecule has 20 heavy (non-hydrogen) atoms. The van der Waals surface area contributed by atoms with Crippen molar-refractivity contribution in [2.75, 3.05) is 10.1 Å². The number of anilines is 2. The minimum absolute atomic E-state index is 0.00864. The number of hydrogen-bond acceptors (Lipinski definition) is 7. The lowest BCUT2D eigenvalue weighted by atomic mass is 10.3. The van der Waals surface area contributed by atoms with E-state index in [-0.39, 0.29) is 10.7 Å². The van der Waals surface area contributed by atoms with E-state index in [9.17, 15) is 8.42 Å². The maximum Gasteiger partial charge on any atom is 0.267 e. The summed E-state index contributed by atoms with van der Waals surface area (Å²) in [6, 6.07) is 2.97. The standard InChI is InChI=1S/C11H13N5O2S2/c12-15-10-9(2-1-5-13-10)20(17,18)16-11-14-8(6-19-11)7-3-4-7/h1-2,5-7H,3-4,12H2,(H,13,15)(H,14,16). The molecular formula is C11H13N5O2S2. The van der Waals surface area contributed by atoms with E-state index in [0.29, 0.717) is 11.0 Å². The van der Waals surface area contributed by atoms with E-state index >= 15 is 0 Å². The third-order valence-corrected chi connectivity index (χ3v) is 5.21. The van der Waals surface area contributed by atoms with Crippen LogP contribution in [0.1, 0.15) is 24.5 Å². The maximum atomic E-state index is 12.3. The molecule has 0 saturated heterocycles. The SMILES string of the molecule is NNc1ncccc1S(=O)(=O)Nc1nc(C2CC2)cs1. The van der Waals surface area contributed by atoms with Gasteiger partial charge < -0.3 is 5.43 Å². The number of rotatable bonds is 5. The van der Waals surface area contributed by atoms with Crippen molar-refractivity contribution in [2.24, 2.45) is 5.84 Å². The summed E-state index contributed by atoms with van der Waals surface area (Å²) in [6.45, 7) is 0. The molecule has 0 bridgehead atoms. The summed E-state index contributed by atoms with van der Waals surface area (Å²) in [5, 5.41) is 2.25. The molecule has 0 aromatic carbocycles. The predicted molar refractivity (Wildman–Crippen MR) is 76.9 cm³/mol. The van der Waals surface area contributed by atoms with Crippen LogP contribution >= 0.6 is 11.3 Å². The monoisotopic (exact) mass is 311 g/mol. The second-order valence-electron chi connectivity index (χ2n) is 4.45. The molecule has 106 valence electrons. The zero-order valence-electron chi connectivity index (χ0n) is 10.4. The lowest BCUT2D eigenvalue weighted by molar-refractivity contribution is 0.601. The number of nitrogens with two attached hydrogens (primary N) is 1. The van der Waals surface area contributed by atoms with Crippen LogP contribution in [-0.4, -0.2) is 18.4 Å². The zero-order chi connectivity index (χ0) is 14.2. The first-order valence-corrected chi connectivity index (χ1v) is 8.36. The largest absolute Gasteiger partial charge is 0.307 e. The topological polar surface area (TPSA) is 110 Å². The fourth-order valence-corrected chi connectivity index (χ4v) is 3.95. The van der Waals surface area contributed by atoms with E-state index in [4.69, 9.17) is 5.84 Å². The molecule has 1 aliphatic carbocycles. The summed E-state index contributed by atoms with van der Waals surface area (Å²) in [5.41, 5.74) is 3.23. The number of aromatic nitrogens is 2. The highest BCUT2D eigenvalue weighted by Crippen LogP contribution is 2.41. The molecule has 1 aliphatic rings. The molecule has 3 rings (SSSR count). The Morgan fingerprint density at radius 1 is 1.40 bits per heavy atom. The Morgan fingerprint density at radius 3 is 2.90 bits per heavy atom. The highest BCUT2D eigenvalue weighted by Gasteiger charge is 2.27. The molecule has 7 nitrogen and oxygen atoms in total. The maximum absolute atomic E-state index is 12.3. The van der Waals surface area contributed by atoms with Crippen molar-refractivity contribution in [1.82, 2.24) is 9.97 Å². The lowest BCUT2D eigenvalue weighted by Gasteiger charge is -2.08. The minimum atomic E-state index is -3.76. The molecule has 0 amide bonds. The zero-order valence-corrected chi connectivity index (χ0v) is 12.0. The fraction of sp³-hybridized carbons (Fsp3) is 0.273. The van der Waals surface area contributed by atoms with Gasteiger partial charge in [0.05, 0.1) is 5.69 Å². The van der Waals surface area contributed by atoms with E-state index in [1.54, 1.807) is 0 Å². The lowest BCUT2D eigenvalue weighted by Crippen LogP contribution is -2.18. The number of nitrogen functional groups attached to an aromatic ring is 1. The predicted octanol–water partition coefficient (Wildman–Crippen LogP) is 1.50. The summed E-state index contributed by atoms with van der Waals surface area (Å²) in [6.07, 6.45) is 3.71. The van der Waals surface area contributed by atoms with Gasteiger partial charge in [-0.15, -0.1) is 11.3 Å². The Balaban J connectivity index is 1.87. The normalized spacial score (nSPS) is 15.1. The second-order valence-corrected chi connectivity index (χ2v) is 6.96. The first kappa shape index (κ1) is 13.3. The quantitative estimate of drug-likeness (QED) is 0.570. The van der Waals surface area contributed by atoms with E-state index in [1.165, 1.54) is 29.7 Å². The van der Waals surface area contributed by atoms with Crippen molar-refractivity contribution in [2.45, 2.75) is 23.7 Å². The van der Waals surface area contributed by atoms with Gasteiger partial charge in [-0.05, 0) is 25.0 Å². The molecule has 4 N–H and O–H groups in total. The van der Waals surface area contributed by atoms with Gasteiger partial charge in [0.2, 0.25) is 0 Å². The van der Waals surface area contributed by atoms with Crippen LogP contribution in [0.25, 0.3) is 0 Å². The Hall–Kier alpha value is -1.71. The smallest absolute Gasteiger partial charge is 0.267 e. The van der Waals surface area contributed by atoms with Crippen molar-refractivity contribution in [3.8, 4) is 0 Å². The number of pyridine rings is 1. The summed E-state index contributed by atoms with van der Waals surface area (Å²) in [4.78, 5) is 8.16. The molecule has 1 fully saturated rings. The Bertz CT molecular complexity index is 724. The van der Waals surface area contributed by atoms with Crippen LogP contribution in [0.5, 0.6) is 0 Å². The Morgan fingerprint density at radius 2 is 2.20 bits per heavy atom. The number of nitrogens with one attached hydrogen (secondary N) is 2. The van der Waals surface area contributed by atoms with Crippen LogP contribution in [0.2, 0.25) is 0 Å². The highest BCUT2D eigenvalue weighted by molar-refractivity contribution is 7.93. The van der Waals surface area contributed by atoms with E-state index in [2.05, 4.69) is 20.1 Å². The van der Waals surface area contributed by atoms with Crippen LogP contribution in [0.15, 0.2) is 28.6 Å². The van der Waals surface area contributed by atoms with Gasteiger partial charge in [0.15, 0.2) is 10.9 Å². The van der Waals surface area contributed by atoms with E-state index in [0.717, 1.165) is 18.5 Å². The number of sulfonamides is 1. The second kappa shape index (κ2) is 5.00. The van der Waals surface area contributed by atoms with Gasteiger partial charge in [0.1, 0.15) is 4.90 Å². The fourth-order valence-electron chi connectivity index (χ4n) is 1.79. The number of thiazole rings is 1. The number of hydrogen-bond donors (Lipinski definition) is 3. The van der Waals surface area contributed by atoms with E-state index < -0.39 is 10.0 Å². The first-order chi connectivity index (χ1) is 9.60. The molecule has 2 aromatic heterocycles. The minimum Gasteiger partial charge on any atom is -0.307 e. The van der Waals surface area contributed by atoms with Gasteiger partial charge in [0.25, 0.3) is 10.0 Å². The van der Waals surface area contributed by atoms with Gasteiger partial charge in [-0.3, -0.25) is 4.72 Å². The molecule has 0 spiro atoms. The van der Waals surface area contributed by atoms with Crippen LogP contribution in [-0.2, 0) is 10.0 Å². The molecule has 0 unspecified atom stereocenters. The molecule has 0 aliphatic heterocycles. The van der Waals surface area contributed by atoms with Crippen molar-refractivity contribution in [1.29, 1.82) is 0 Å². The van der Waals surface area contributed by atoms with E-state index in [1.807, 2.05) is 5.38 Å². The van der Waals surface area contributed by atoms with Crippen molar-refractivity contribution in [3.05, 3.63) is 29.4 Å². The van der Waals surface area contributed by atoms with Gasteiger partial charge in [0, 0.05) is 17.5 Å². The molecular weight excluding hydrogens is 298 g/mol. The molecule has 0 radical (unpaired) electrons. The Labute approximate surface area is 120 Å². The van der Waals surface area contributed by atoms with Gasteiger partial charge in [-0.1, -0.05) is 0 Å².